The molecule has 3 atom stereocenters. The molecule has 0 aromatic rings. The van der Waals surface area contributed by atoms with Crippen molar-refractivity contribution in [2.24, 2.45) is 5.92 Å². The first-order valence-electron chi connectivity index (χ1n) is 9.26. The van der Waals surface area contributed by atoms with Crippen molar-refractivity contribution in [1.82, 2.24) is 20.0 Å². The largest absolute Gasteiger partial charge is 0.395 e. The normalized spacial score (nSPS) is 34.8. The third kappa shape index (κ3) is 4.01. The monoisotopic (exact) mass is 310 g/mol. The molecule has 3 aliphatic rings. The highest BCUT2D eigenvalue weighted by molar-refractivity contribution is 4.94. The van der Waals surface area contributed by atoms with Crippen LogP contribution >= 0.6 is 0 Å². The van der Waals surface area contributed by atoms with E-state index in [1.807, 2.05) is 0 Å². The van der Waals surface area contributed by atoms with Gasteiger partial charge in [-0.25, -0.2) is 0 Å². The van der Waals surface area contributed by atoms with E-state index in [1.54, 1.807) is 0 Å². The fraction of sp³-hybridized carbons (Fsp3) is 1.00. The molecule has 5 heteroatoms. The summed E-state index contributed by atoms with van der Waals surface area (Å²) in [7, 11) is 2.15. The Balaban J connectivity index is 1.54. The Labute approximate surface area is 135 Å². The van der Waals surface area contributed by atoms with Crippen molar-refractivity contribution in [2.75, 3.05) is 66.0 Å². The standard InChI is InChI=1S/C17H34N4O/c1-19(10-11-22)13-15-4-6-18-12-17(15)21-9-5-16(14-21)20-7-2-3-8-20/h15-18,22H,2-14H2,1H3. The summed E-state index contributed by atoms with van der Waals surface area (Å²) in [6, 6.07) is 1.49. The molecule has 0 spiro atoms. The summed E-state index contributed by atoms with van der Waals surface area (Å²) in [6.45, 7) is 9.67. The van der Waals surface area contributed by atoms with Crippen molar-refractivity contribution in [2.45, 2.75) is 37.8 Å². The maximum Gasteiger partial charge on any atom is 0.0558 e. The van der Waals surface area contributed by atoms with Crippen molar-refractivity contribution in [3.8, 4) is 0 Å². The Morgan fingerprint density at radius 2 is 1.95 bits per heavy atom. The Hall–Kier alpha value is -0.200. The average molecular weight is 310 g/mol. The Bertz CT molecular complexity index is 335. The Morgan fingerprint density at radius 3 is 2.73 bits per heavy atom. The van der Waals surface area contributed by atoms with Crippen LogP contribution < -0.4 is 5.32 Å². The molecule has 3 saturated heterocycles. The molecule has 3 heterocycles. The summed E-state index contributed by atoms with van der Waals surface area (Å²) in [5, 5.41) is 12.7. The summed E-state index contributed by atoms with van der Waals surface area (Å²) < 4.78 is 0. The van der Waals surface area contributed by atoms with Gasteiger partial charge in [-0.05, 0) is 58.3 Å². The highest BCUT2D eigenvalue weighted by Gasteiger charge is 2.37. The molecule has 0 aromatic heterocycles. The highest BCUT2D eigenvalue weighted by atomic mass is 16.3. The van der Waals surface area contributed by atoms with Crippen LogP contribution in [0.4, 0.5) is 0 Å². The van der Waals surface area contributed by atoms with Gasteiger partial charge in [0.15, 0.2) is 0 Å². The first kappa shape index (κ1) is 16.7. The van der Waals surface area contributed by atoms with Gasteiger partial charge in [-0.3, -0.25) is 9.80 Å². The van der Waals surface area contributed by atoms with Gasteiger partial charge < -0.3 is 15.3 Å². The Kier molecular flexibility index (Phi) is 6.10. The third-order valence-corrected chi connectivity index (χ3v) is 5.94. The molecule has 128 valence electrons. The van der Waals surface area contributed by atoms with E-state index in [1.165, 1.54) is 51.9 Å². The van der Waals surface area contributed by atoms with Crippen molar-refractivity contribution >= 4 is 0 Å². The van der Waals surface area contributed by atoms with Crippen LogP contribution in [0.15, 0.2) is 0 Å². The highest BCUT2D eigenvalue weighted by Crippen LogP contribution is 2.26. The van der Waals surface area contributed by atoms with Gasteiger partial charge in [-0.2, -0.15) is 0 Å². The summed E-state index contributed by atoms with van der Waals surface area (Å²) >= 11 is 0. The van der Waals surface area contributed by atoms with E-state index < -0.39 is 0 Å². The zero-order chi connectivity index (χ0) is 15.4. The number of hydrogen-bond donors (Lipinski definition) is 2. The lowest BCUT2D eigenvalue weighted by Gasteiger charge is -2.40. The smallest absolute Gasteiger partial charge is 0.0558 e. The number of piperidine rings is 1. The molecule has 0 radical (unpaired) electrons. The molecule has 3 unspecified atom stereocenters. The van der Waals surface area contributed by atoms with Gasteiger partial charge in [0, 0.05) is 44.8 Å². The molecule has 0 saturated carbocycles. The van der Waals surface area contributed by atoms with Crippen LogP contribution in [0.1, 0.15) is 25.7 Å². The van der Waals surface area contributed by atoms with E-state index in [-0.39, 0.29) is 6.61 Å². The second kappa shape index (κ2) is 8.06. The van der Waals surface area contributed by atoms with E-state index in [2.05, 4.69) is 27.1 Å². The molecular weight excluding hydrogens is 276 g/mol. The van der Waals surface area contributed by atoms with Crippen LogP contribution in [0.2, 0.25) is 0 Å². The van der Waals surface area contributed by atoms with E-state index >= 15 is 0 Å². The van der Waals surface area contributed by atoms with Crippen LogP contribution in [0.5, 0.6) is 0 Å². The summed E-state index contributed by atoms with van der Waals surface area (Å²) in [5.41, 5.74) is 0. The fourth-order valence-electron chi connectivity index (χ4n) is 4.67. The van der Waals surface area contributed by atoms with E-state index in [9.17, 15) is 0 Å². The van der Waals surface area contributed by atoms with Crippen LogP contribution in [-0.4, -0.2) is 97.9 Å². The molecule has 0 aliphatic carbocycles. The second-order valence-electron chi connectivity index (χ2n) is 7.49. The molecule has 2 N–H and O–H groups in total. The molecule has 3 aliphatic heterocycles. The topological polar surface area (TPSA) is 42.0 Å². The third-order valence-electron chi connectivity index (χ3n) is 5.94. The van der Waals surface area contributed by atoms with Gasteiger partial charge in [0.2, 0.25) is 0 Å². The van der Waals surface area contributed by atoms with Gasteiger partial charge in [-0.1, -0.05) is 0 Å². The van der Waals surface area contributed by atoms with Gasteiger partial charge in [0.25, 0.3) is 0 Å². The molecule has 0 aromatic carbocycles. The van der Waals surface area contributed by atoms with E-state index in [0.29, 0.717) is 6.04 Å². The summed E-state index contributed by atoms with van der Waals surface area (Å²) in [5.74, 6) is 0.745. The van der Waals surface area contributed by atoms with Gasteiger partial charge >= 0.3 is 0 Å². The quantitative estimate of drug-likeness (QED) is 0.726. The van der Waals surface area contributed by atoms with Crippen LogP contribution in [0.3, 0.4) is 0 Å². The number of nitrogens with one attached hydrogen (secondary N) is 1. The van der Waals surface area contributed by atoms with E-state index in [0.717, 1.165) is 38.1 Å². The predicted octanol–water partition coefficient (Wildman–Crippen LogP) is 0.0587. The van der Waals surface area contributed by atoms with Crippen molar-refractivity contribution in [3.05, 3.63) is 0 Å². The predicted molar refractivity (Wildman–Crippen MR) is 90.1 cm³/mol. The molecule has 5 nitrogen and oxygen atoms in total. The number of likely N-dealkylation sites (tertiary alicyclic amines) is 2. The minimum Gasteiger partial charge on any atom is -0.395 e. The van der Waals surface area contributed by atoms with Crippen molar-refractivity contribution in [1.29, 1.82) is 0 Å². The molecule has 22 heavy (non-hydrogen) atoms. The number of rotatable bonds is 6. The maximum atomic E-state index is 9.13. The number of nitrogens with zero attached hydrogens (tertiary/aromatic N) is 3. The lowest BCUT2D eigenvalue weighted by molar-refractivity contribution is 0.0979. The first-order valence-corrected chi connectivity index (χ1v) is 9.26. The maximum absolute atomic E-state index is 9.13. The lowest BCUT2D eigenvalue weighted by Crippen LogP contribution is -2.53. The van der Waals surface area contributed by atoms with Crippen molar-refractivity contribution < 1.29 is 5.11 Å². The minimum atomic E-state index is 0.271. The SMILES string of the molecule is CN(CCO)CC1CCNCC1N1CCC(N2CCCC2)C1. The number of likely N-dealkylation sites (N-methyl/N-ethyl adjacent to an activating group) is 1. The van der Waals surface area contributed by atoms with Crippen LogP contribution in [0.25, 0.3) is 0 Å². The van der Waals surface area contributed by atoms with Gasteiger partial charge in [0.05, 0.1) is 6.61 Å². The van der Waals surface area contributed by atoms with Gasteiger partial charge in [0.1, 0.15) is 0 Å². The average Bonchev–Trinajstić information content (AvgIpc) is 3.19. The number of hydrogen-bond acceptors (Lipinski definition) is 5. The minimum absolute atomic E-state index is 0.271. The summed E-state index contributed by atoms with van der Waals surface area (Å²) in [6.07, 6.45) is 5.42. The Morgan fingerprint density at radius 1 is 1.14 bits per heavy atom. The van der Waals surface area contributed by atoms with E-state index in [4.69, 9.17) is 5.11 Å². The lowest BCUT2D eigenvalue weighted by atomic mass is 9.91. The number of aliphatic hydroxyl groups excluding tert-OH is 1. The molecule has 3 fully saturated rings. The molecule has 0 amide bonds. The molecule has 3 rings (SSSR count). The molecule has 0 bridgehead atoms. The number of aliphatic hydroxyl groups is 1. The fourth-order valence-corrected chi connectivity index (χ4v) is 4.67. The van der Waals surface area contributed by atoms with Gasteiger partial charge in [-0.15, -0.1) is 0 Å². The first-order chi connectivity index (χ1) is 10.8. The van der Waals surface area contributed by atoms with Crippen molar-refractivity contribution in [3.63, 3.8) is 0 Å². The van der Waals surface area contributed by atoms with Crippen LogP contribution in [-0.2, 0) is 0 Å². The summed E-state index contributed by atoms with van der Waals surface area (Å²) in [4.78, 5) is 7.78. The molecular formula is C17H34N4O. The zero-order valence-electron chi connectivity index (χ0n) is 14.2. The second-order valence-corrected chi connectivity index (χ2v) is 7.49. The van der Waals surface area contributed by atoms with Crippen LogP contribution in [0, 0.1) is 5.92 Å². The zero-order valence-corrected chi connectivity index (χ0v) is 14.2.